The molecule has 1 aromatic carbocycles. The third kappa shape index (κ3) is 6.46. The van der Waals surface area contributed by atoms with Crippen LogP contribution in [0, 0.1) is 17.0 Å². The topological polar surface area (TPSA) is 82.9 Å². The van der Waals surface area contributed by atoms with E-state index >= 15 is 0 Å². The number of hydrogen-bond donors (Lipinski definition) is 2. The highest BCUT2D eigenvalue weighted by atomic mass is 35.5. The van der Waals surface area contributed by atoms with Crippen LogP contribution >= 0.6 is 34.7 Å². The van der Waals surface area contributed by atoms with E-state index in [1.165, 1.54) is 12.3 Å². The molecule has 1 aliphatic heterocycles. The Morgan fingerprint density at radius 2 is 2.23 bits per heavy atom. The summed E-state index contributed by atoms with van der Waals surface area (Å²) in [5.74, 6) is 0.103. The fourth-order valence-corrected chi connectivity index (χ4v) is 6.88. The first-order chi connectivity index (χ1) is 16.9. The number of aliphatic hydroxyl groups is 1. The minimum atomic E-state index is -0.838. The van der Waals surface area contributed by atoms with Crippen molar-refractivity contribution in [1.29, 1.82) is 0 Å². The number of carbonyl (C=O) groups is 1. The second kappa shape index (κ2) is 11.9. The van der Waals surface area contributed by atoms with Crippen LogP contribution in [0.3, 0.4) is 0 Å². The van der Waals surface area contributed by atoms with Crippen molar-refractivity contribution in [2.45, 2.75) is 29.6 Å². The summed E-state index contributed by atoms with van der Waals surface area (Å²) in [7, 11) is 1.58. The van der Waals surface area contributed by atoms with Gasteiger partial charge in [0.05, 0.1) is 33.9 Å². The Labute approximate surface area is 217 Å². The van der Waals surface area contributed by atoms with E-state index in [1.807, 2.05) is 18.2 Å². The predicted molar refractivity (Wildman–Crippen MR) is 138 cm³/mol. The second-order valence-electron chi connectivity index (χ2n) is 8.70. The first kappa shape index (κ1) is 26.2. The van der Waals surface area contributed by atoms with Crippen molar-refractivity contribution < 1.29 is 24.1 Å². The van der Waals surface area contributed by atoms with Gasteiger partial charge in [-0.05, 0) is 62.1 Å². The smallest absolute Gasteiger partial charge is 0.308 e. The highest BCUT2D eigenvalue weighted by Gasteiger charge is 2.34. The molecule has 2 unspecified atom stereocenters. The maximum atomic E-state index is 13.2. The number of aliphatic carboxylic acids is 1. The lowest BCUT2D eigenvalue weighted by atomic mass is 9.81. The van der Waals surface area contributed by atoms with E-state index in [1.54, 1.807) is 24.9 Å². The van der Waals surface area contributed by atoms with Crippen LogP contribution in [-0.2, 0) is 4.79 Å². The van der Waals surface area contributed by atoms with Gasteiger partial charge in [0.25, 0.3) is 0 Å². The molecule has 188 valence electrons. The van der Waals surface area contributed by atoms with Gasteiger partial charge in [-0.1, -0.05) is 22.9 Å². The third-order valence-corrected chi connectivity index (χ3v) is 8.95. The number of aromatic nitrogens is 1. The van der Waals surface area contributed by atoms with Gasteiger partial charge in [-0.3, -0.25) is 9.78 Å². The molecule has 35 heavy (non-hydrogen) atoms. The number of piperidine rings is 1. The maximum absolute atomic E-state index is 13.2. The molecule has 6 nitrogen and oxygen atoms in total. The Morgan fingerprint density at radius 1 is 1.40 bits per heavy atom. The van der Waals surface area contributed by atoms with E-state index in [2.05, 4.69) is 9.88 Å². The average molecular weight is 539 g/mol. The number of rotatable bonds is 10. The highest BCUT2D eigenvalue weighted by Crippen LogP contribution is 2.37. The standard InChI is InChI=1S/C25H28ClFN2O4S2/c1-33-16-3-4-20-17(12-16)24(19(26)13-28-20)21(30)5-2-15-8-9-29(14-18(15)25(31)32)10-11-34-23-7-6-22(27)35-23/h3-4,6-7,12-13,15,18,21,30H,2,5,8-11,14H2,1H3,(H,31,32)/t15?,18?,21-/m1/s1. The van der Waals surface area contributed by atoms with Crippen LogP contribution in [0.2, 0.25) is 5.02 Å². The van der Waals surface area contributed by atoms with E-state index in [9.17, 15) is 19.4 Å². The summed E-state index contributed by atoms with van der Waals surface area (Å²) in [4.78, 5) is 18.5. The van der Waals surface area contributed by atoms with Gasteiger partial charge in [0.15, 0.2) is 5.13 Å². The lowest BCUT2D eigenvalue weighted by molar-refractivity contribution is -0.146. The normalized spacial score (nSPS) is 19.7. The van der Waals surface area contributed by atoms with Gasteiger partial charge in [0.2, 0.25) is 0 Å². The highest BCUT2D eigenvalue weighted by molar-refractivity contribution is 8.01. The molecule has 0 saturated carbocycles. The van der Waals surface area contributed by atoms with Crippen molar-refractivity contribution >= 4 is 51.6 Å². The fourth-order valence-electron chi connectivity index (χ4n) is 4.70. The van der Waals surface area contributed by atoms with Gasteiger partial charge in [0.1, 0.15) is 5.75 Å². The molecular weight excluding hydrogens is 511 g/mol. The molecule has 1 fully saturated rings. The summed E-state index contributed by atoms with van der Waals surface area (Å²) in [5.41, 5.74) is 1.31. The summed E-state index contributed by atoms with van der Waals surface area (Å²) in [6.45, 7) is 2.04. The number of nitrogens with zero attached hydrogens (tertiary/aromatic N) is 2. The Kier molecular flexibility index (Phi) is 8.88. The molecule has 0 bridgehead atoms. The van der Waals surface area contributed by atoms with E-state index in [0.717, 1.165) is 46.2 Å². The Bertz CT molecular complexity index is 1180. The van der Waals surface area contributed by atoms with Gasteiger partial charge < -0.3 is 19.8 Å². The van der Waals surface area contributed by atoms with Crippen molar-refractivity contribution in [2.75, 3.05) is 32.5 Å². The SMILES string of the molecule is COc1ccc2ncc(Cl)c([C@H](O)CCC3CCN(CCSc4ccc(F)s4)CC3C(=O)O)c2c1. The minimum Gasteiger partial charge on any atom is -0.497 e. The summed E-state index contributed by atoms with van der Waals surface area (Å²) < 4.78 is 19.4. The number of carboxylic acids is 1. The van der Waals surface area contributed by atoms with Gasteiger partial charge in [-0.15, -0.1) is 11.8 Å². The number of likely N-dealkylation sites (tertiary alicyclic amines) is 1. The van der Waals surface area contributed by atoms with Crippen molar-refractivity contribution in [3.05, 3.63) is 52.2 Å². The number of fused-ring (bicyclic) bond motifs is 1. The molecular formula is C25H28ClFN2O4S2. The zero-order valence-electron chi connectivity index (χ0n) is 19.3. The molecule has 2 N–H and O–H groups in total. The molecule has 3 heterocycles. The molecule has 4 rings (SSSR count). The molecule has 1 aliphatic rings. The zero-order valence-corrected chi connectivity index (χ0v) is 21.7. The lowest BCUT2D eigenvalue weighted by Crippen LogP contribution is -2.44. The number of halogens is 2. The third-order valence-electron chi connectivity index (χ3n) is 6.57. The quantitative estimate of drug-likeness (QED) is 0.319. The van der Waals surface area contributed by atoms with E-state index in [4.69, 9.17) is 16.3 Å². The van der Waals surface area contributed by atoms with Crippen molar-refractivity contribution in [3.63, 3.8) is 0 Å². The summed E-state index contributed by atoms with van der Waals surface area (Å²) in [5, 5.41) is 21.9. The Morgan fingerprint density at radius 3 is 2.94 bits per heavy atom. The van der Waals surface area contributed by atoms with Crippen LogP contribution in [0.1, 0.15) is 30.9 Å². The number of benzene rings is 1. The first-order valence-corrected chi connectivity index (χ1v) is 13.7. The maximum Gasteiger partial charge on any atom is 0.308 e. The van der Waals surface area contributed by atoms with Crippen LogP contribution in [0.15, 0.2) is 40.7 Å². The number of ether oxygens (including phenoxy) is 1. The number of thiophene rings is 1. The van der Waals surface area contributed by atoms with Crippen LogP contribution in [0.25, 0.3) is 10.9 Å². The number of thioether (sulfide) groups is 1. The van der Waals surface area contributed by atoms with Crippen molar-refractivity contribution in [1.82, 2.24) is 9.88 Å². The molecule has 0 aliphatic carbocycles. The molecule has 0 spiro atoms. The molecule has 1 saturated heterocycles. The predicted octanol–water partition coefficient (Wildman–Crippen LogP) is 5.73. The molecule has 0 amide bonds. The van der Waals surface area contributed by atoms with Crippen LogP contribution < -0.4 is 4.74 Å². The van der Waals surface area contributed by atoms with Gasteiger partial charge in [0, 0.05) is 36.0 Å². The van der Waals surface area contributed by atoms with Crippen molar-refractivity contribution in [3.8, 4) is 5.75 Å². The Hall–Kier alpha value is -1.91. The minimum absolute atomic E-state index is 0.0288. The van der Waals surface area contributed by atoms with Gasteiger partial charge >= 0.3 is 5.97 Å². The van der Waals surface area contributed by atoms with Gasteiger partial charge in [-0.25, -0.2) is 0 Å². The molecule has 10 heteroatoms. The molecule has 2 aromatic heterocycles. The molecule has 3 aromatic rings. The number of hydrogen-bond acceptors (Lipinski definition) is 7. The zero-order chi connectivity index (χ0) is 24.9. The molecule has 3 atom stereocenters. The van der Waals surface area contributed by atoms with Crippen LogP contribution in [0.5, 0.6) is 5.75 Å². The average Bonchev–Trinajstić information content (AvgIpc) is 3.27. The van der Waals surface area contributed by atoms with E-state index < -0.39 is 18.0 Å². The van der Waals surface area contributed by atoms with E-state index in [-0.39, 0.29) is 11.0 Å². The number of methoxy groups -OCH3 is 1. The monoisotopic (exact) mass is 538 g/mol. The summed E-state index contributed by atoms with van der Waals surface area (Å²) in [6.07, 6.45) is 2.44. The number of pyridine rings is 1. The number of carboxylic acid groups (broad SMARTS) is 1. The number of aliphatic hydroxyl groups excluding tert-OH is 1. The second-order valence-corrected chi connectivity index (χ2v) is 11.5. The summed E-state index contributed by atoms with van der Waals surface area (Å²) >= 11 is 9.14. The largest absolute Gasteiger partial charge is 0.497 e. The van der Waals surface area contributed by atoms with Crippen molar-refractivity contribution in [2.24, 2.45) is 11.8 Å². The van der Waals surface area contributed by atoms with Crippen LogP contribution in [-0.4, -0.2) is 58.6 Å². The first-order valence-electron chi connectivity index (χ1n) is 11.5. The van der Waals surface area contributed by atoms with Gasteiger partial charge in [-0.2, -0.15) is 4.39 Å². The fraction of sp³-hybridized carbons (Fsp3) is 0.440. The lowest BCUT2D eigenvalue weighted by Gasteiger charge is -2.37. The van der Waals surface area contributed by atoms with Crippen LogP contribution in [0.4, 0.5) is 4.39 Å². The molecule has 0 radical (unpaired) electrons. The Balaban J connectivity index is 1.37. The summed E-state index contributed by atoms with van der Waals surface area (Å²) in [6, 6.07) is 8.68. The van der Waals surface area contributed by atoms with E-state index in [0.29, 0.717) is 41.2 Å².